The van der Waals surface area contributed by atoms with E-state index in [1.807, 2.05) is 27.7 Å². The average Bonchev–Trinajstić information content (AvgIpc) is 2.03. The Morgan fingerprint density at radius 1 is 1.14 bits per heavy atom. The second-order valence-electron chi connectivity index (χ2n) is 5.35. The van der Waals surface area contributed by atoms with Crippen LogP contribution in [-0.4, -0.2) is 40.5 Å². The molecule has 0 unspecified atom stereocenters. The van der Waals surface area contributed by atoms with Crippen LogP contribution >= 0.6 is 0 Å². The van der Waals surface area contributed by atoms with E-state index in [2.05, 4.69) is 0 Å². The van der Waals surface area contributed by atoms with Crippen LogP contribution in [0.15, 0.2) is 0 Å². The van der Waals surface area contributed by atoms with Gasteiger partial charge < -0.3 is 4.90 Å². The van der Waals surface area contributed by atoms with Gasteiger partial charge in [-0.25, -0.2) is 0 Å². The predicted octanol–water partition coefficient (Wildman–Crippen LogP) is 1.05. The van der Waals surface area contributed by atoms with Crippen molar-refractivity contribution in [1.29, 1.82) is 0 Å². The van der Waals surface area contributed by atoms with E-state index in [9.17, 15) is 10.0 Å². The minimum Gasteiger partial charge on any atom is -0.344 e. The topological polar surface area (TPSA) is 43.5 Å². The maximum atomic E-state index is 12.0. The molecule has 1 amide bonds. The fourth-order valence-electron chi connectivity index (χ4n) is 2.13. The summed E-state index contributed by atoms with van der Waals surface area (Å²) < 4.78 is 0. The van der Waals surface area contributed by atoms with Crippen molar-refractivity contribution < 1.29 is 10.0 Å². The van der Waals surface area contributed by atoms with Crippen LogP contribution in [0.25, 0.3) is 0 Å². The number of nitrogens with zero attached hydrogens (tertiary/aromatic N) is 2. The Morgan fingerprint density at radius 2 is 1.64 bits per heavy atom. The third-order valence-corrected chi connectivity index (χ3v) is 2.73. The molecular weight excluding hydrogens is 180 g/mol. The van der Waals surface area contributed by atoms with Crippen LogP contribution in [-0.2, 0) is 10.0 Å². The number of carbonyl (C=O) groups excluding carboxylic acids is 1. The Hall–Kier alpha value is -0.610. The lowest BCUT2D eigenvalue weighted by Crippen LogP contribution is -2.53. The summed E-state index contributed by atoms with van der Waals surface area (Å²) in [6, 6.07) is 0. The van der Waals surface area contributed by atoms with E-state index in [1.165, 1.54) is 0 Å². The first-order valence-corrected chi connectivity index (χ1v) is 4.88. The maximum absolute atomic E-state index is 12.0. The van der Waals surface area contributed by atoms with E-state index in [0.29, 0.717) is 6.54 Å². The van der Waals surface area contributed by atoms with Gasteiger partial charge in [-0.3, -0.25) is 4.79 Å². The van der Waals surface area contributed by atoms with Crippen LogP contribution in [0, 0.1) is 0 Å². The van der Waals surface area contributed by atoms with E-state index >= 15 is 0 Å². The van der Waals surface area contributed by atoms with Crippen molar-refractivity contribution in [1.82, 2.24) is 9.96 Å². The lowest BCUT2D eigenvalue weighted by atomic mass is 9.95. The first kappa shape index (κ1) is 11.5. The Kier molecular flexibility index (Phi) is 2.63. The van der Waals surface area contributed by atoms with Crippen molar-refractivity contribution >= 4 is 5.91 Å². The molecule has 4 heteroatoms. The summed E-state index contributed by atoms with van der Waals surface area (Å²) >= 11 is 0. The third-order valence-electron chi connectivity index (χ3n) is 2.73. The second kappa shape index (κ2) is 3.21. The van der Waals surface area contributed by atoms with Crippen LogP contribution in [0.4, 0.5) is 0 Å². The van der Waals surface area contributed by atoms with E-state index in [-0.39, 0.29) is 12.3 Å². The van der Waals surface area contributed by atoms with Gasteiger partial charge in [0.05, 0.1) is 11.1 Å². The molecule has 1 rings (SSSR count). The largest absolute Gasteiger partial charge is 0.344 e. The fourth-order valence-corrected chi connectivity index (χ4v) is 2.13. The van der Waals surface area contributed by atoms with Gasteiger partial charge in [-0.15, -0.1) is 10.3 Å². The molecule has 1 heterocycles. The molecule has 4 nitrogen and oxygen atoms in total. The molecule has 14 heavy (non-hydrogen) atoms. The summed E-state index contributed by atoms with van der Waals surface area (Å²) in [5.74, 6) is 0.0430. The molecule has 1 aliphatic rings. The summed E-state index contributed by atoms with van der Waals surface area (Å²) in [6.07, 6.45) is 0.288. The molecule has 0 aromatic carbocycles. The van der Waals surface area contributed by atoms with E-state index in [1.54, 1.807) is 11.9 Å². The monoisotopic (exact) mass is 199 g/mol. The number of rotatable bonds is 0. The molecule has 1 fully saturated rings. The molecule has 0 aromatic heterocycles. The van der Waals surface area contributed by atoms with Gasteiger partial charge in [0.15, 0.2) is 0 Å². The van der Waals surface area contributed by atoms with Gasteiger partial charge in [0.2, 0.25) is 5.91 Å². The van der Waals surface area contributed by atoms with Crippen LogP contribution in [0.2, 0.25) is 0 Å². The number of hydroxylamine groups is 2. The zero-order valence-corrected chi connectivity index (χ0v) is 9.63. The Bertz CT molecular complexity index is 249. The molecule has 1 radical (unpaired) electrons. The summed E-state index contributed by atoms with van der Waals surface area (Å²) in [5.41, 5.74) is -1.12. The van der Waals surface area contributed by atoms with Gasteiger partial charge in [0, 0.05) is 20.0 Å². The number of hydrogen-bond acceptors (Lipinski definition) is 2. The smallest absolute Gasteiger partial charge is 0.224 e. The van der Waals surface area contributed by atoms with Crippen molar-refractivity contribution in [2.45, 2.75) is 45.2 Å². The highest BCUT2D eigenvalue weighted by atomic mass is 16.5. The van der Waals surface area contributed by atoms with Gasteiger partial charge >= 0.3 is 0 Å². The first-order valence-electron chi connectivity index (χ1n) is 4.88. The first-order chi connectivity index (χ1) is 6.17. The second-order valence-corrected chi connectivity index (χ2v) is 5.35. The highest BCUT2D eigenvalue weighted by molar-refractivity contribution is 5.77. The summed E-state index contributed by atoms with van der Waals surface area (Å²) in [6.45, 7) is 7.87. The van der Waals surface area contributed by atoms with Crippen molar-refractivity contribution in [3.05, 3.63) is 0 Å². The van der Waals surface area contributed by atoms with Gasteiger partial charge in [-0.05, 0) is 27.7 Å². The zero-order chi connectivity index (χ0) is 11.1. The maximum Gasteiger partial charge on any atom is 0.224 e. The summed E-state index contributed by atoms with van der Waals surface area (Å²) in [7, 11) is 1.75. The molecule has 1 saturated heterocycles. The molecular formula is C10H19N2O2. The van der Waals surface area contributed by atoms with Gasteiger partial charge in [-0.2, -0.15) is 0 Å². The molecule has 0 aromatic rings. The summed E-state index contributed by atoms with van der Waals surface area (Å²) in [4.78, 5) is 13.3. The minimum atomic E-state index is -0.606. The molecule has 0 atom stereocenters. The van der Waals surface area contributed by atoms with Gasteiger partial charge in [0.25, 0.3) is 0 Å². The molecule has 0 bridgehead atoms. The van der Waals surface area contributed by atoms with Crippen molar-refractivity contribution in [2.24, 2.45) is 0 Å². The third kappa shape index (κ3) is 1.91. The quantitative estimate of drug-likeness (QED) is 0.585. The predicted molar refractivity (Wildman–Crippen MR) is 52.9 cm³/mol. The lowest BCUT2D eigenvalue weighted by Gasteiger charge is -2.39. The standard InChI is InChI=1S/C10H19N2O2/c1-9(2)6-8(13)11(5)7-10(3,4)12(9)14/h6-7H2,1-5H3. The van der Waals surface area contributed by atoms with Crippen molar-refractivity contribution in [3.63, 3.8) is 0 Å². The normalized spacial score (nSPS) is 27.6. The molecule has 0 aliphatic carbocycles. The number of hydrogen-bond donors (Lipinski definition) is 0. The highest BCUT2D eigenvalue weighted by Gasteiger charge is 2.44. The number of amides is 1. The molecule has 0 saturated carbocycles. The average molecular weight is 199 g/mol. The van der Waals surface area contributed by atoms with Crippen molar-refractivity contribution in [3.8, 4) is 0 Å². The Labute approximate surface area is 85.4 Å². The Balaban J connectivity index is 3.02. The zero-order valence-electron chi connectivity index (χ0n) is 9.63. The van der Waals surface area contributed by atoms with Crippen LogP contribution < -0.4 is 0 Å². The van der Waals surface area contributed by atoms with Crippen molar-refractivity contribution in [2.75, 3.05) is 13.6 Å². The van der Waals surface area contributed by atoms with Gasteiger partial charge in [-0.1, -0.05) is 0 Å². The summed E-state index contributed by atoms with van der Waals surface area (Å²) in [5, 5.41) is 13.1. The van der Waals surface area contributed by atoms with E-state index in [0.717, 1.165) is 5.06 Å². The molecule has 0 spiro atoms. The number of likely N-dealkylation sites (N-methyl/N-ethyl adjacent to an activating group) is 1. The van der Waals surface area contributed by atoms with Crippen LogP contribution in [0.5, 0.6) is 0 Å². The number of carbonyl (C=O) groups is 1. The van der Waals surface area contributed by atoms with Crippen LogP contribution in [0.1, 0.15) is 34.1 Å². The highest BCUT2D eigenvalue weighted by Crippen LogP contribution is 2.30. The fraction of sp³-hybridized carbons (Fsp3) is 0.900. The van der Waals surface area contributed by atoms with Crippen LogP contribution in [0.3, 0.4) is 0 Å². The molecule has 81 valence electrons. The van der Waals surface area contributed by atoms with E-state index < -0.39 is 11.1 Å². The lowest BCUT2D eigenvalue weighted by molar-refractivity contribution is -0.267. The SMILES string of the molecule is CN1CC(C)(C)N([O])C(C)(C)CC1=O. The van der Waals surface area contributed by atoms with E-state index in [4.69, 9.17) is 0 Å². The Morgan fingerprint density at radius 3 is 2.14 bits per heavy atom. The molecule has 0 N–H and O–H groups in total. The minimum absolute atomic E-state index is 0.0430. The van der Waals surface area contributed by atoms with Gasteiger partial charge in [0.1, 0.15) is 0 Å². The molecule has 1 aliphatic heterocycles.